The molecule has 0 fully saturated rings. The monoisotopic (exact) mass is 324 g/mol. The van der Waals surface area contributed by atoms with Crippen LogP contribution in [0.4, 0.5) is 0 Å². The van der Waals surface area contributed by atoms with Gasteiger partial charge in [-0.1, -0.05) is 30.3 Å². The van der Waals surface area contributed by atoms with E-state index in [1.165, 1.54) is 7.11 Å². The van der Waals surface area contributed by atoms with Gasteiger partial charge in [-0.15, -0.1) is 0 Å². The molecule has 0 saturated heterocycles. The van der Waals surface area contributed by atoms with Crippen LogP contribution in [-0.4, -0.2) is 22.5 Å². The van der Waals surface area contributed by atoms with E-state index >= 15 is 0 Å². The third-order valence-electron chi connectivity index (χ3n) is 4.06. The summed E-state index contributed by atoms with van der Waals surface area (Å²) in [7, 11) is 1.38. The highest BCUT2D eigenvalue weighted by Gasteiger charge is 2.14. The molecule has 0 radical (unpaired) electrons. The van der Waals surface area contributed by atoms with Crippen LogP contribution in [0.25, 0.3) is 5.65 Å². The molecule has 3 aromatic rings. The van der Waals surface area contributed by atoms with Crippen LogP contribution in [-0.2, 0) is 16.0 Å². The second kappa shape index (κ2) is 6.74. The molecule has 1 unspecified atom stereocenters. The van der Waals surface area contributed by atoms with Crippen molar-refractivity contribution in [2.75, 3.05) is 7.11 Å². The predicted octanol–water partition coefficient (Wildman–Crippen LogP) is 3.50. The zero-order valence-corrected chi connectivity index (χ0v) is 14.0. The number of aromatic nitrogens is 2. The molecule has 1 atom stereocenters. The van der Waals surface area contributed by atoms with Gasteiger partial charge in [0.15, 0.2) is 0 Å². The fraction of sp³-hybridized carbons (Fsp3) is 0.263. The summed E-state index contributed by atoms with van der Waals surface area (Å²) >= 11 is 0. The van der Waals surface area contributed by atoms with E-state index in [1.807, 2.05) is 66.9 Å². The lowest BCUT2D eigenvalue weighted by Crippen LogP contribution is -2.05. The fourth-order valence-electron chi connectivity index (χ4n) is 2.64. The third-order valence-corrected chi connectivity index (χ3v) is 4.06. The van der Waals surface area contributed by atoms with Gasteiger partial charge in [-0.3, -0.25) is 4.79 Å². The number of pyridine rings is 1. The molecular formula is C19H20N2O3. The number of hydrogen-bond donors (Lipinski definition) is 0. The highest BCUT2D eigenvalue weighted by atomic mass is 16.5. The van der Waals surface area contributed by atoms with E-state index in [9.17, 15) is 4.79 Å². The van der Waals surface area contributed by atoms with Gasteiger partial charge in [0.1, 0.15) is 17.5 Å². The number of esters is 1. The maximum Gasteiger partial charge on any atom is 0.311 e. The maximum atomic E-state index is 11.5. The number of fused-ring (bicyclic) bond motifs is 1. The summed E-state index contributed by atoms with van der Waals surface area (Å²) in [5.41, 5.74) is 3.51. The summed E-state index contributed by atoms with van der Waals surface area (Å²) in [6.45, 7) is 3.95. The van der Waals surface area contributed by atoms with Crippen molar-refractivity contribution in [1.82, 2.24) is 9.38 Å². The lowest BCUT2D eigenvalue weighted by atomic mass is 10.1. The van der Waals surface area contributed by atoms with Gasteiger partial charge in [-0.05, 0) is 25.5 Å². The van der Waals surface area contributed by atoms with Crippen LogP contribution >= 0.6 is 0 Å². The lowest BCUT2D eigenvalue weighted by Gasteiger charge is -2.15. The molecule has 1 aromatic carbocycles. The van der Waals surface area contributed by atoms with Crippen molar-refractivity contribution >= 4 is 11.6 Å². The fourth-order valence-corrected chi connectivity index (χ4v) is 2.64. The molecule has 0 aliphatic rings. The molecule has 124 valence electrons. The summed E-state index contributed by atoms with van der Waals surface area (Å²) in [6, 6.07) is 13.8. The summed E-state index contributed by atoms with van der Waals surface area (Å²) in [6.07, 6.45) is 2.02. The number of carbonyl (C=O) groups is 1. The summed E-state index contributed by atoms with van der Waals surface area (Å²) < 4.78 is 12.7. The number of benzene rings is 1. The Morgan fingerprint density at radius 2 is 2.00 bits per heavy atom. The molecule has 0 saturated carbocycles. The van der Waals surface area contributed by atoms with Gasteiger partial charge in [-0.25, -0.2) is 4.98 Å². The number of rotatable bonds is 5. The number of nitrogens with zero attached hydrogens (tertiary/aromatic N) is 2. The molecule has 2 heterocycles. The van der Waals surface area contributed by atoms with Gasteiger partial charge in [0.25, 0.3) is 0 Å². The number of imidazole rings is 1. The van der Waals surface area contributed by atoms with Gasteiger partial charge in [0.2, 0.25) is 0 Å². The quantitative estimate of drug-likeness (QED) is 0.674. The summed E-state index contributed by atoms with van der Waals surface area (Å²) in [5, 5.41) is 0. The zero-order chi connectivity index (χ0) is 17.1. The Labute approximate surface area is 140 Å². The molecule has 24 heavy (non-hydrogen) atoms. The van der Waals surface area contributed by atoms with Gasteiger partial charge in [0.05, 0.1) is 19.2 Å². The molecular weight excluding hydrogens is 304 g/mol. The lowest BCUT2D eigenvalue weighted by molar-refractivity contribution is -0.139. The molecule has 0 spiro atoms. The molecule has 2 aromatic heterocycles. The summed E-state index contributed by atoms with van der Waals surface area (Å²) in [5.74, 6) is 0.448. The highest BCUT2D eigenvalue weighted by Crippen LogP contribution is 2.24. The first-order chi connectivity index (χ1) is 11.6. The standard InChI is InChI=1S/C19H20N2O3/c1-13-17(12-19(22)23-3)20-18-11-16(9-10-21(13)18)24-14(2)15-7-5-4-6-8-15/h4-11,14H,12H2,1-3H3. The molecule has 5 nitrogen and oxygen atoms in total. The van der Waals surface area contributed by atoms with Crippen LogP contribution < -0.4 is 4.74 Å². The minimum Gasteiger partial charge on any atom is -0.486 e. The van der Waals surface area contributed by atoms with Crippen LogP contribution in [0.15, 0.2) is 48.7 Å². The number of methoxy groups -OCH3 is 1. The Kier molecular flexibility index (Phi) is 4.51. The molecule has 0 aliphatic carbocycles. The molecule has 0 amide bonds. The second-order valence-corrected chi connectivity index (χ2v) is 5.66. The molecule has 0 bridgehead atoms. The van der Waals surface area contributed by atoms with Crippen molar-refractivity contribution < 1.29 is 14.3 Å². The average Bonchev–Trinajstić information content (AvgIpc) is 2.90. The SMILES string of the molecule is COC(=O)Cc1nc2cc(OC(C)c3ccccc3)ccn2c1C. The number of hydrogen-bond acceptors (Lipinski definition) is 4. The van der Waals surface area contributed by atoms with Crippen LogP contribution in [0.2, 0.25) is 0 Å². The smallest absolute Gasteiger partial charge is 0.311 e. The number of aryl methyl sites for hydroxylation is 1. The van der Waals surface area contributed by atoms with Crippen molar-refractivity contribution in [1.29, 1.82) is 0 Å². The Hall–Kier alpha value is -2.82. The highest BCUT2D eigenvalue weighted by molar-refractivity contribution is 5.72. The van der Waals surface area contributed by atoms with Crippen molar-refractivity contribution in [3.63, 3.8) is 0 Å². The van der Waals surface area contributed by atoms with Crippen LogP contribution in [0, 0.1) is 6.92 Å². The van der Waals surface area contributed by atoms with E-state index in [0.717, 1.165) is 28.3 Å². The number of ether oxygens (including phenoxy) is 2. The van der Waals surface area contributed by atoms with Gasteiger partial charge in [0, 0.05) is 18.0 Å². The van der Waals surface area contributed by atoms with E-state index in [4.69, 9.17) is 9.47 Å². The Bertz CT molecular complexity index is 856. The molecule has 0 aliphatic heterocycles. The van der Waals surface area contributed by atoms with Crippen molar-refractivity contribution in [2.24, 2.45) is 0 Å². The topological polar surface area (TPSA) is 52.8 Å². The molecule has 5 heteroatoms. The van der Waals surface area contributed by atoms with Crippen molar-refractivity contribution in [3.8, 4) is 5.75 Å². The first-order valence-corrected chi connectivity index (χ1v) is 7.84. The normalized spacial score (nSPS) is 12.1. The third kappa shape index (κ3) is 3.25. The van der Waals surface area contributed by atoms with E-state index in [2.05, 4.69) is 4.98 Å². The van der Waals surface area contributed by atoms with E-state index in [1.54, 1.807) is 0 Å². The Morgan fingerprint density at radius 1 is 1.25 bits per heavy atom. The van der Waals surface area contributed by atoms with Gasteiger partial charge < -0.3 is 13.9 Å². The predicted molar refractivity (Wildman–Crippen MR) is 91.1 cm³/mol. The maximum absolute atomic E-state index is 11.5. The second-order valence-electron chi connectivity index (χ2n) is 5.66. The Balaban J connectivity index is 1.84. The van der Waals surface area contributed by atoms with Crippen LogP contribution in [0.3, 0.4) is 0 Å². The van der Waals surface area contributed by atoms with Crippen LogP contribution in [0.1, 0.15) is 30.0 Å². The van der Waals surface area contributed by atoms with Crippen molar-refractivity contribution in [2.45, 2.75) is 26.4 Å². The minimum atomic E-state index is -0.296. The van der Waals surface area contributed by atoms with E-state index in [0.29, 0.717) is 0 Å². The molecule has 3 rings (SSSR count). The minimum absolute atomic E-state index is 0.0563. The molecule has 0 N–H and O–H groups in total. The average molecular weight is 324 g/mol. The van der Waals surface area contributed by atoms with Crippen molar-refractivity contribution in [3.05, 3.63) is 65.6 Å². The van der Waals surface area contributed by atoms with Gasteiger partial charge in [-0.2, -0.15) is 0 Å². The zero-order valence-electron chi connectivity index (χ0n) is 14.0. The van der Waals surface area contributed by atoms with Gasteiger partial charge >= 0.3 is 5.97 Å². The largest absolute Gasteiger partial charge is 0.486 e. The van der Waals surface area contributed by atoms with E-state index in [-0.39, 0.29) is 18.5 Å². The Morgan fingerprint density at radius 3 is 2.71 bits per heavy atom. The van der Waals surface area contributed by atoms with Crippen LogP contribution in [0.5, 0.6) is 5.75 Å². The summed E-state index contributed by atoms with van der Waals surface area (Å²) in [4.78, 5) is 16.0. The van der Waals surface area contributed by atoms with E-state index < -0.39 is 0 Å². The number of carbonyl (C=O) groups excluding carboxylic acids is 1. The first kappa shape index (κ1) is 16.1. The first-order valence-electron chi connectivity index (χ1n) is 7.84.